The van der Waals surface area contributed by atoms with Crippen molar-refractivity contribution in [2.45, 2.75) is 38.4 Å². The second kappa shape index (κ2) is 8.07. The third kappa shape index (κ3) is 3.60. The molecule has 8 nitrogen and oxygen atoms in total. The summed E-state index contributed by atoms with van der Waals surface area (Å²) in [5, 5.41) is 11.9. The van der Waals surface area contributed by atoms with Gasteiger partial charge in [0.2, 0.25) is 17.7 Å². The Morgan fingerprint density at radius 1 is 1.14 bits per heavy atom. The predicted octanol–water partition coefficient (Wildman–Crippen LogP) is 3.50. The molecule has 2 unspecified atom stereocenters. The van der Waals surface area contributed by atoms with Crippen molar-refractivity contribution in [3.63, 3.8) is 0 Å². The monoisotopic (exact) mass is 471 g/mol. The van der Waals surface area contributed by atoms with Gasteiger partial charge in [-0.15, -0.1) is 0 Å². The zero-order valence-corrected chi connectivity index (χ0v) is 19.7. The second-order valence-electron chi connectivity index (χ2n) is 9.46. The second-order valence-corrected chi connectivity index (χ2v) is 9.46. The van der Waals surface area contributed by atoms with Crippen LogP contribution in [-0.4, -0.2) is 35.5 Å². The number of carbonyl (C=O) groups is 3. The Kier molecular flexibility index (Phi) is 5.26. The fourth-order valence-corrected chi connectivity index (χ4v) is 5.48. The van der Waals surface area contributed by atoms with Gasteiger partial charge in [0.05, 0.1) is 41.4 Å². The maximum atomic E-state index is 13.6. The van der Waals surface area contributed by atoms with E-state index < -0.39 is 23.0 Å². The average molecular weight is 472 g/mol. The van der Waals surface area contributed by atoms with Crippen LogP contribution in [0.5, 0.6) is 5.75 Å². The van der Waals surface area contributed by atoms with E-state index in [1.807, 2.05) is 19.1 Å². The van der Waals surface area contributed by atoms with Crippen LogP contribution in [-0.2, 0) is 19.1 Å². The fourth-order valence-electron chi connectivity index (χ4n) is 5.48. The van der Waals surface area contributed by atoms with Crippen molar-refractivity contribution >= 4 is 29.1 Å². The molecule has 0 radical (unpaired) electrons. The SMILES string of the molecule is CC(=O)Nc1ccc(OCCC23C=CC(C)(O2)[C@@H]2C(=O)N(c4ccc(C#N)c(C)c4)C(=O)[C@@H]23)cc1. The molecule has 0 spiro atoms. The molecule has 0 saturated carbocycles. The summed E-state index contributed by atoms with van der Waals surface area (Å²) in [7, 11) is 0. The number of aryl methyl sites for hydroxylation is 1. The van der Waals surface area contributed by atoms with Gasteiger partial charge in [-0.3, -0.25) is 14.4 Å². The van der Waals surface area contributed by atoms with Crippen molar-refractivity contribution in [2.24, 2.45) is 11.8 Å². The first-order valence-corrected chi connectivity index (χ1v) is 11.5. The molecule has 4 atom stereocenters. The summed E-state index contributed by atoms with van der Waals surface area (Å²) in [6.45, 7) is 5.35. The molecule has 2 bridgehead atoms. The Morgan fingerprint density at radius 3 is 2.51 bits per heavy atom. The molecule has 2 saturated heterocycles. The van der Waals surface area contributed by atoms with Crippen LogP contribution in [0.1, 0.15) is 31.4 Å². The van der Waals surface area contributed by atoms with E-state index in [1.54, 1.807) is 49.4 Å². The Balaban J connectivity index is 1.35. The maximum absolute atomic E-state index is 13.6. The number of hydrogen-bond donors (Lipinski definition) is 1. The molecule has 2 aromatic carbocycles. The highest BCUT2D eigenvalue weighted by Crippen LogP contribution is 2.59. The number of anilines is 2. The van der Waals surface area contributed by atoms with E-state index in [4.69, 9.17) is 9.47 Å². The largest absolute Gasteiger partial charge is 0.493 e. The van der Waals surface area contributed by atoms with Gasteiger partial charge in [-0.25, -0.2) is 4.90 Å². The molecule has 0 aliphatic carbocycles. The first-order chi connectivity index (χ1) is 16.7. The molecular weight excluding hydrogens is 446 g/mol. The van der Waals surface area contributed by atoms with E-state index in [0.717, 1.165) is 0 Å². The zero-order valence-electron chi connectivity index (χ0n) is 19.7. The minimum absolute atomic E-state index is 0.150. The highest BCUT2D eigenvalue weighted by molar-refractivity contribution is 6.23. The fraction of sp³-hybridized carbons (Fsp3) is 0.333. The number of rotatable bonds is 6. The lowest BCUT2D eigenvalue weighted by Crippen LogP contribution is -2.42. The van der Waals surface area contributed by atoms with E-state index in [1.165, 1.54) is 11.8 Å². The highest BCUT2D eigenvalue weighted by Gasteiger charge is 2.71. The minimum Gasteiger partial charge on any atom is -0.493 e. The van der Waals surface area contributed by atoms with Gasteiger partial charge < -0.3 is 14.8 Å². The van der Waals surface area contributed by atoms with Crippen LogP contribution in [0.4, 0.5) is 11.4 Å². The van der Waals surface area contributed by atoms with Crippen molar-refractivity contribution in [1.82, 2.24) is 0 Å². The van der Waals surface area contributed by atoms with Crippen LogP contribution in [0.15, 0.2) is 54.6 Å². The van der Waals surface area contributed by atoms with Crippen molar-refractivity contribution in [1.29, 1.82) is 5.26 Å². The molecule has 3 aliphatic rings. The van der Waals surface area contributed by atoms with E-state index in [0.29, 0.717) is 34.7 Å². The lowest BCUT2D eigenvalue weighted by molar-refractivity contribution is -0.129. The van der Waals surface area contributed by atoms with E-state index >= 15 is 0 Å². The standard InChI is InChI=1S/C27H25N3O5/c1-16-14-20(7-4-18(16)15-28)30-24(32)22-23(25(30)33)27(11-10-26(22,3)35-27)12-13-34-21-8-5-19(6-9-21)29-17(2)31/h4-11,14,22-23H,12-13H2,1-3H3,(H,29,31)/t22-,23+,26?,27?/m0/s1. The highest BCUT2D eigenvalue weighted by atomic mass is 16.5. The quantitative estimate of drug-likeness (QED) is 0.510. The van der Waals surface area contributed by atoms with Crippen LogP contribution < -0.4 is 15.0 Å². The smallest absolute Gasteiger partial charge is 0.241 e. The summed E-state index contributed by atoms with van der Waals surface area (Å²) >= 11 is 0. The molecule has 8 heteroatoms. The van der Waals surface area contributed by atoms with Crippen LogP contribution in [0.3, 0.4) is 0 Å². The number of hydrogen-bond acceptors (Lipinski definition) is 6. The average Bonchev–Trinajstić information content (AvgIpc) is 3.39. The minimum atomic E-state index is -0.932. The molecule has 0 aromatic heterocycles. The number of imide groups is 1. The number of nitrogens with zero attached hydrogens (tertiary/aromatic N) is 2. The number of fused-ring (bicyclic) bond motifs is 5. The molecule has 2 aromatic rings. The molecule has 3 heterocycles. The van der Waals surface area contributed by atoms with Gasteiger partial charge in [0.25, 0.3) is 0 Å². The summed E-state index contributed by atoms with van der Waals surface area (Å²) < 4.78 is 12.3. The van der Waals surface area contributed by atoms with Gasteiger partial charge in [-0.2, -0.15) is 5.26 Å². The van der Waals surface area contributed by atoms with Gasteiger partial charge >= 0.3 is 0 Å². The third-order valence-corrected chi connectivity index (χ3v) is 7.08. The van der Waals surface area contributed by atoms with Crippen LogP contribution in [0.2, 0.25) is 0 Å². The molecule has 2 fully saturated rings. The Labute approximate surface area is 203 Å². The van der Waals surface area contributed by atoms with E-state index in [9.17, 15) is 19.6 Å². The van der Waals surface area contributed by atoms with Crippen molar-refractivity contribution in [2.75, 3.05) is 16.8 Å². The number of nitrogens with one attached hydrogen (secondary N) is 1. The molecule has 5 rings (SSSR count). The zero-order chi connectivity index (χ0) is 25.0. The van der Waals surface area contributed by atoms with E-state index in [2.05, 4.69) is 11.4 Å². The lowest BCUT2D eigenvalue weighted by Gasteiger charge is -2.29. The lowest BCUT2D eigenvalue weighted by atomic mass is 9.71. The summed E-state index contributed by atoms with van der Waals surface area (Å²) in [4.78, 5) is 39.5. The molecular formula is C27H25N3O5. The van der Waals surface area contributed by atoms with E-state index in [-0.39, 0.29) is 24.3 Å². The van der Waals surface area contributed by atoms with Crippen molar-refractivity contribution in [3.8, 4) is 11.8 Å². The van der Waals surface area contributed by atoms with Gasteiger partial charge in [0.15, 0.2) is 0 Å². The molecule has 1 N–H and O–H groups in total. The predicted molar refractivity (Wildman–Crippen MR) is 128 cm³/mol. The number of carbonyl (C=O) groups excluding carboxylic acids is 3. The molecule has 35 heavy (non-hydrogen) atoms. The number of benzene rings is 2. The first kappa shape index (κ1) is 22.8. The number of ether oxygens (including phenoxy) is 2. The Bertz CT molecular complexity index is 1310. The van der Waals surface area contributed by atoms with Gasteiger partial charge in [0.1, 0.15) is 11.4 Å². The van der Waals surface area contributed by atoms with Crippen LogP contribution in [0.25, 0.3) is 0 Å². The summed E-state index contributed by atoms with van der Waals surface area (Å²) in [5.41, 5.74) is 0.558. The first-order valence-electron chi connectivity index (χ1n) is 11.5. The number of amides is 3. The van der Waals surface area contributed by atoms with Gasteiger partial charge in [-0.05, 0) is 61.9 Å². The number of nitriles is 1. The van der Waals surface area contributed by atoms with Crippen molar-refractivity contribution in [3.05, 3.63) is 65.7 Å². The molecule has 3 aliphatic heterocycles. The molecule has 3 amide bonds. The summed E-state index contributed by atoms with van der Waals surface area (Å²) in [5.74, 6) is -1.37. The van der Waals surface area contributed by atoms with Gasteiger partial charge in [-0.1, -0.05) is 12.2 Å². The topological polar surface area (TPSA) is 109 Å². The van der Waals surface area contributed by atoms with Crippen molar-refractivity contribution < 1.29 is 23.9 Å². The van der Waals surface area contributed by atoms with Gasteiger partial charge in [0, 0.05) is 19.0 Å². The summed E-state index contributed by atoms with van der Waals surface area (Å²) in [6.07, 6.45) is 4.18. The normalized spacial score (nSPS) is 28.2. The summed E-state index contributed by atoms with van der Waals surface area (Å²) in [6, 6.07) is 14.1. The van der Waals surface area contributed by atoms with Crippen LogP contribution in [0, 0.1) is 30.1 Å². The Morgan fingerprint density at radius 2 is 1.86 bits per heavy atom. The molecule has 178 valence electrons. The van der Waals surface area contributed by atoms with Crippen LogP contribution >= 0.6 is 0 Å². The maximum Gasteiger partial charge on any atom is 0.241 e. The third-order valence-electron chi connectivity index (χ3n) is 7.08. The Hall–Kier alpha value is -3.96.